The molecule has 0 fully saturated rings. The molecule has 0 amide bonds. The van der Waals surface area contributed by atoms with Gasteiger partial charge in [-0.1, -0.05) is 12.1 Å². The first-order valence-corrected chi connectivity index (χ1v) is 10.9. The third kappa shape index (κ3) is 3.53. The number of rotatable bonds is 5. The van der Waals surface area contributed by atoms with Gasteiger partial charge in [-0.2, -0.15) is 0 Å². The Morgan fingerprint density at radius 3 is 2.87 bits per heavy atom. The van der Waals surface area contributed by atoms with Gasteiger partial charge in [0.1, 0.15) is 11.4 Å². The predicted octanol–water partition coefficient (Wildman–Crippen LogP) is 3.60. The van der Waals surface area contributed by atoms with E-state index in [9.17, 15) is 9.59 Å². The zero-order valence-electron chi connectivity index (χ0n) is 17.2. The van der Waals surface area contributed by atoms with E-state index in [4.69, 9.17) is 9.47 Å². The van der Waals surface area contributed by atoms with Crippen molar-refractivity contribution in [3.05, 3.63) is 75.4 Å². The third-order valence-electron chi connectivity index (χ3n) is 5.59. The molecule has 1 atom stereocenters. The number of benzene rings is 1. The molecule has 0 saturated heterocycles. The van der Waals surface area contributed by atoms with Crippen molar-refractivity contribution in [2.45, 2.75) is 33.0 Å². The van der Waals surface area contributed by atoms with Crippen LogP contribution in [-0.4, -0.2) is 32.6 Å². The summed E-state index contributed by atoms with van der Waals surface area (Å²) >= 11 is 1.41. The van der Waals surface area contributed by atoms with E-state index in [2.05, 4.69) is 9.55 Å². The second-order valence-corrected chi connectivity index (χ2v) is 8.53. The molecule has 5 rings (SSSR count). The first-order valence-electron chi connectivity index (χ1n) is 10.0. The van der Waals surface area contributed by atoms with Crippen molar-refractivity contribution in [2.75, 3.05) is 6.61 Å². The van der Waals surface area contributed by atoms with Crippen LogP contribution in [-0.2, 0) is 13.1 Å². The van der Waals surface area contributed by atoms with Gasteiger partial charge in [0.05, 0.1) is 24.8 Å². The molecule has 0 unspecified atom stereocenters. The fourth-order valence-electron chi connectivity index (χ4n) is 3.97. The lowest BCUT2D eigenvalue weighted by Gasteiger charge is -2.27. The van der Waals surface area contributed by atoms with Crippen LogP contribution in [0, 0.1) is 13.8 Å². The van der Waals surface area contributed by atoms with Gasteiger partial charge in [0.25, 0.3) is 5.56 Å². The monoisotopic (exact) mass is 435 g/mol. The largest absolute Gasteiger partial charge is 0.486 e. The molecule has 0 saturated carbocycles. The van der Waals surface area contributed by atoms with Crippen LogP contribution < -0.4 is 15.0 Å². The molecule has 1 aliphatic heterocycles. The SMILES string of the molecule is Cc1cc(C(=O)Cn2cnc3sccc3c2=O)c(C)n1C[C@@H]1COc2ccccc2O1. The van der Waals surface area contributed by atoms with E-state index in [1.165, 1.54) is 22.2 Å². The van der Waals surface area contributed by atoms with Gasteiger partial charge < -0.3 is 14.0 Å². The maximum atomic E-state index is 13.0. The Morgan fingerprint density at radius 1 is 1.23 bits per heavy atom. The molecule has 4 aromatic rings. The number of ketones is 1. The van der Waals surface area contributed by atoms with Crippen LogP contribution in [0.2, 0.25) is 0 Å². The molecule has 1 aromatic carbocycles. The highest BCUT2D eigenvalue weighted by molar-refractivity contribution is 7.16. The Kier molecular flexibility index (Phi) is 4.86. The molecule has 0 N–H and O–H groups in total. The number of Topliss-reactive ketones (excluding diaryl/α,β-unsaturated/α-hetero) is 1. The summed E-state index contributed by atoms with van der Waals surface area (Å²) in [4.78, 5) is 30.6. The number of hydrogen-bond donors (Lipinski definition) is 0. The van der Waals surface area contributed by atoms with Crippen LogP contribution in [0.3, 0.4) is 0 Å². The zero-order valence-corrected chi connectivity index (χ0v) is 18.0. The number of aromatic nitrogens is 3. The first kappa shape index (κ1) is 19.6. The van der Waals surface area contributed by atoms with Crippen molar-refractivity contribution in [2.24, 2.45) is 0 Å². The summed E-state index contributed by atoms with van der Waals surface area (Å²) in [5.74, 6) is 1.36. The van der Waals surface area contributed by atoms with Crippen LogP contribution in [0.5, 0.6) is 11.5 Å². The van der Waals surface area contributed by atoms with Crippen LogP contribution in [0.1, 0.15) is 21.7 Å². The van der Waals surface area contributed by atoms with Crippen LogP contribution in [0.25, 0.3) is 10.2 Å². The van der Waals surface area contributed by atoms with Crippen LogP contribution in [0.15, 0.2) is 52.9 Å². The molecule has 3 aromatic heterocycles. The Hall–Kier alpha value is -3.39. The van der Waals surface area contributed by atoms with Crippen molar-refractivity contribution in [3.8, 4) is 11.5 Å². The molecule has 7 nitrogen and oxygen atoms in total. The highest BCUT2D eigenvalue weighted by Crippen LogP contribution is 2.31. The molecule has 158 valence electrons. The van der Waals surface area contributed by atoms with Crippen LogP contribution >= 0.6 is 11.3 Å². The molecule has 0 radical (unpaired) electrons. The minimum absolute atomic E-state index is 0.0433. The van der Waals surface area contributed by atoms with Gasteiger partial charge in [0.15, 0.2) is 23.4 Å². The number of thiophene rings is 1. The lowest BCUT2D eigenvalue weighted by molar-refractivity contribution is 0.0777. The second-order valence-electron chi connectivity index (χ2n) is 7.63. The van der Waals surface area contributed by atoms with E-state index in [1.54, 1.807) is 6.07 Å². The Balaban J connectivity index is 1.36. The second kappa shape index (κ2) is 7.70. The molecular formula is C23H21N3O4S. The Labute approximate surface area is 182 Å². The van der Waals surface area contributed by atoms with E-state index in [0.29, 0.717) is 28.9 Å². The zero-order chi connectivity index (χ0) is 21.5. The Bertz CT molecular complexity index is 1350. The maximum absolute atomic E-state index is 13.0. The van der Waals surface area contributed by atoms with E-state index >= 15 is 0 Å². The van der Waals surface area contributed by atoms with Gasteiger partial charge in [0.2, 0.25) is 0 Å². The molecule has 0 spiro atoms. The first-order chi connectivity index (χ1) is 15.0. The average molecular weight is 436 g/mol. The predicted molar refractivity (Wildman–Crippen MR) is 118 cm³/mol. The molecule has 31 heavy (non-hydrogen) atoms. The number of carbonyl (C=O) groups is 1. The van der Waals surface area contributed by atoms with Crippen molar-refractivity contribution < 1.29 is 14.3 Å². The highest BCUT2D eigenvalue weighted by Gasteiger charge is 2.24. The topological polar surface area (TPSA) is 75.4 Å². The van der Waals surface area contributed by atoms with Gasteiger partial charge in [-0.3, -0.25) is 14.2 Å². The van der Waals surface area contributed by atoms with E-state index in [0.717, 1.165) is 22.9 Å². The summed E-state index contributed by atoms with van der Waals surface area (Å²) in [7, 11) is 0. The van der Waals surface area contributed by atoms with Gasteiger partial charge in [-0.05, 0) is 43.5 Å². The summed E-state index contributed by atoms with van der Waals surface area (Å²) in [6, 6.07) is 11.2. The summed E-state index contributed by atoms with van der Waals surface area (Å²) in [5, 5.41) is 2.37. The number of fused-ring (bicyclic) bond motifs is 2. The molecule has 4 heterocycles. The average Bonchev–Trinajstić information content (AvgIpc) is 3.36. The smallest absolute Gasteiger partial charge is 0.262 e. The van der Waals surface area contributed by atoms with E-state index in [-0.39, 0.29) is 24.0 Å². The normalized spacial score (nSPS) is 15.4. The molecule has 8 heteroatoms. The number of para-hydroxylation sites is 2. The van der Waals surface area contributed by atoms with Crippen molar-refractivity contribution in [1.82, 2.24) is 14.1 Å². The summed E-state index contributed by atoms with van der Waals surface area (Å²) in [5.41, 5.74) is 2.22. The van der Waals surface area contributed by atoms with Gasteiger partial charge >= 0.3 is 0 Å². The van der Waals surface area contributed by atoms with Crippen molar-refractivity contribution in [1.29, 1.82) is 0 Å². The van der Waals surface area contributed by atoms with Gasteiger partial charge in [-0.15, -0.1) is 11.3 Å². The summed E-state index contributed by atoms with van der Waals surface area (Å²) in [6.07, 6.45) is 1.29. The number of aryl methyl sites for hydroxylation is 1. The number of carbonyl (C=O) groups excluding carboxylic acids is 1. The molecule has 0 aliphatic carbocycles. The minimum Gasteiger partial charge on any atom is -0.486 e. The van der Waals surface area contributed by atoms with Crippen molar-refractivity contribution >= 4 is 27.3 Å². The van der Waals surface area contributed by atoms with Crippen LogP contribution in [0.4, 0.5) is 0 Å². The van der Waals surface area contributed by atoms with Gasteiger partial charge in [0, 0.05) is 17.0 Å². The van der Waals surface area contributed by atoms with E-state index < -0.39 is 0 Å². The highest BCUT2D eigenvalue weighted by atomic mass is 32.1. The summed E-state index contributed by atoms with van der Waals surface area (Å²) in [6.45, 7) is 4.85. The lowest BCUT2D eigenvalue weighted by Crippen LogP contribution is -2.33. The molecule has 0 bridgehead atoms. The lowest BCUT2D eigenvalue weighted by atomic mass is 10.1. The Morgan fingerprint density at radius 2 is 2.03 bits per heavy atom. The quantitative estimate of drug-likeness (QED) is 0.448. The number of ether oxygens (including phenoxy) is 2. The molecular weight excluding hydrogens is 414 g/mol. The van der Waals surface area contributed by atoms with E-state index in [1.807, 2.05) is 49.6 Å². The molecule has 1 aliphatic rings. The number of nitrogens with zero attached hydrogens (tertiary/aromatic N) is 3. The third-order valence-corrected chi connectivity index (χ3v) is 6.41. The fraction of sp³-hybridized carbons (Fsp3) is 0.261. The van der Waals surface area contributed by atoms with Gasteiger partial charge in [-0.25, -0.2) is 4.98 Å². The maximum Gasteiger partial charge on any atom is 0.262 e. The standard InChI is InChI=1S/C23H21N3O4S/c1-14-9-18(19(27)11-25-13-24-22-17(23(25)28)7-8-31-22)15(2)26(14)10-16-12-29-20-5-3-4-6-21(20)30-16/h3-9,13,16H,10-12H2,1-2H3/t16-/m1/s1. The fourth-order valence-corrected chi connectivity index (χ4v) is 4.69. The minimum atomic E-state index is -0.195. The van der Waals surface area contributed by atoms with Crippen molar-refractivity contribution in [3.63, 3.8) is 0 Å². The number of hydrogen-bond acceptors (Lipinski definition) is 6. The summed E-state index contributed by atoms with van der Waals surface area (Å²) < 4.78 is 15.3.